The van der Waals surface area contributed by atoms with Crippen LogP contribution in [0.3, 0.4) is 0 Å². The maximum atomic E-state index is 12.3. The first kappa shape index (κ1) is 52.4. The Kier molecular flexibility index (Phi) is 39.5. The minimum atomic E-state index is 0.0219. The van der Waals surface area contributed by atoms with E-state index in [2.05, 4.69) is 32.6 Å². The van der Waals surface area contributed by atoms with Gasteiger partial charge in [0.05, 0.1) is 19.8 Å². The van der Waals surface area contributed by atoms with E-state index in [0.717, 1.165) is 89.5 Å². The zero-order valence-corrected chi connectivity index (χ0v) is 38.0. The minimum Gasteiger partial charge on any atom is -0.466 e. The van der Waals surface area contributed by atoms with Gasteiger partial charge in [-0.1, -0.05) is 207 Å². The summed E-state index contributed by atoms with van der Waals surface area (Å²) in [4.78, 5) is 14.8. The van der Waals surface area contributed by atoms with Gasteiger partial charge in [0.25, 0.3) is 0 Å². The lowest BCUT2D eigenvalue weighted by molar-refractivity contribution is -0.144. The molecule has 1 aliphatic rings. The zero-order valence-electron chi connectivity index (χ0n) is 38.0. The fraction of sp³-hybridized carbons (Fsp3) is 0.980. The third kappa shape index (κ3) is 35.1. The quantitative estimate of drug-likeness (QED) is 0.0456. The molecule has 0 amide bonds. The van der Waals surface area contributed by atoms with Gasteiger partial charge in [-0.15, -0.1) is 0 Å². The average molecular weight is 778 g/mol. The van der Waals surface area contributed by atoms with E-state index >= 15 is 0 Å². The van der Waals surface area contributed by atoms with Crippen LogP contribution >= 0.6 is 0 Å². The van der Waals surface area contributed by atoms with Gasteiger partial charge in [0.1, 0.15) is 0 Å². The minimum absolute atomic E-state index is 0.0219. The van der Waals surface area contributed by atoms with Crippen LogP contribution in [0.2, 0.25) is 0 Å². The molecule has 1 unspecified atom stereocenters. The van der Waals surface area contributed by atoms with E-state index in [-0.39, 0.29) is 5.97 Å². The highest BCUT2D eigenvalue weighted by atomic mass is 16.5. The van der Waals surface area contributed by atoms with E-state index < -0.39 is 0 Å². The maximum absolute atomic E-state index is 12.3. The molecule has 0 aliphatic carbocycles. The van der Waals surface area contributed by atoms with Crippen LogP contribution in [-0.2, 0) is 19.0 Å². The first-order valence-corrected chi connectivity index (χ1v) is 25.2. The van der Waals surface area contributed by atoms with Gasteiger partial charge in [-0.3, -0.25) is 9.69 Å². The van der Waals surface area contributed by atoms with Crippen LogP contribution in [0.4, 0.5) is 0 Å². The summed E-state index contributed by atoms with van der Waals surface area (Å²) in [5.74, 6) is 2.48. The van der Waals surface area contributed by atoms with Gasteiger partial charge in [0.2, 0.25) is 0 Å². The van der Waals surface area contributed by atoms with Gasteiger partial charge in [0, 0.05) is 39.3 Å². The van der Waals surface area contributed by atoms with E-state index in [4.69, 9.17) is 14.2 Å². The third-order valence-corrected chi connectivity index (χ3v) is 12.6. The molecule has 328 valence electrons. The van der Waals surface area contributed by atoms with Crippen molar-refractivity contribution in [3.63, 3.8) is 0 Å². The molecule has 0 spiro atoms. The van der Waals surface area contributed by atoms with Crippen LogP contribution in [0.25, 0.3) is 0 Å². The summed E-state index contributed by atoms with van der Waals surface area (Å²) in [6.07, 6.45) is 44.7. The molecule has 1 fully saturated rings. The molecule has 0 aromatic heterocycles. The Bertz CT molecular complexity index is 755. The van der Waals surface area contributed by atoms with Crippen LogP contribution < -0.4 is 0 Å². The van der Waals surface area contributed by atoms with Crippen molar-refractivity contribution in [3.8, 4) is 0 Å². The van der Waals surface area contributed by atoms with Crippen LogP contribution in [0, 0.1) is 17.8 Å². The summed E-state index contributed by atoms with van der Waals surface area (Å²) in [5.41, 5.74) is 0. The van der Waals surface area contributed by atoms with Crippen molar-refractivity contribution in [1.29, 1.82) is 0 Å². The van der Waals surface area contributed by atoms with Gasteiger partial charge >= 0.3 is 5.97 Å². The van der Waals surface area contributed by atoms with Crippen molar-refractivity contribution in [2.75, 3.05) is 52.7 Å². The number of ether oxygens (including phenoxy) is 3. The van der Waals surface area contributed by atoms with Crippen LogP contribution in [0.5, 0.6) is 0 Å². The Labute approximate surface area is 345 Å². The fourth-order valence-electron chi connectivity index (χ4n) is 8.71. The van der Waals surface area contributed by atoms with Gasteiger partial charge in [-0.25, -0.2) is 0 Å². The Morgan fingerprint density at radius 1 is 0.473 bits per heavy atom. The summed E-state index contributed by atoms with van der Waals surface area (Å²) < 4.78 is 17.4. The van der Waals surface area contributed by atoms with Crippen molar-refractivity contribution < 1.29 is 19.0 Å². The van der Waals surface area contributed by atoms with Gasteiger partial charge in [-0.2, -0.15) is 0 Å². The van der Waals surface area contributed by atoms with Crippen molar-refractivity contribution in [1.82, 2.24) is 4.90 Å². The van der Waals surface area contributed by atoms with Crippen molar-refractivity contribution >= 4 is 5.97 Å². The van der Waals surface area contributed by atoms with Crippen molar-refractivity contribution in [2.45, 2.75) is 246 Å². The van der Waals surface area contributed by atoms with Crippen LogP contribution in [0.1, 0.15) is 246 Å². The van der Waals surface area contributed by atoms with Gasteiger partial charge < -0.3 is 14.2 Å². The molecule has 5 nitrogen and oxygen atoms in total. The number of carbonyl (C=O) groups excluding carboxylic acids is 1. The molecule has 1 saturated heterocycles. The standard InChI is InChI=1S/C50H99NO4/c1-5-9-30-47(31-10-6-2)34-25-21-17-14-13-15-18-22-26-35-49(46-54-42-29-39-51-40-44-53-45-41-51)36-27-23-19-16-20-24-28-37-50(52)55-43-38-48(32-11-7-3)33-12-8-4/h47-49H,5-46H2,1-4H3. The molecule has 0 radical (unpaired) electrons. The summed E-state index contributed by atoms with van der Waals surface area (Å²) in [6, 6.07) is 0. The van der Waals surface area contributed by atoms with Crippen LogP contribution in [0.15, 0.2) is 0 Å². The van der Waals surface area contributed by atoms with E-state index in [1.807, 2.05) is 0 Å². The molecule has 0 saturated carbocycles. The number of esters is 1. The molecule has 0 aromatic carbocycles. The lowest BCUT2D eigenvalue weighted by atomic mass is 9.90. The van der Waals surface area contributed by atoms with E-state index in [0.29, 0.717) is 13.0 Å². The zero-order chi connectivity index (χ0) is 39.7. The number of morpholine rings is 1. The number of hydrogen-bond acceptors (Lipinski definition) is 5. The van der Waals surface area contributed by atoms with Crippen molar-refractivity contribution in [2.24, 2.45) is 17.8 Å². The molecular formula is C50H99NO4. The predicted octanol–water partition coefficient (Wildman–Crippen LogP) is 15.1. The lowest BCUT2D eigenvalue weighted by Gasteiger charge is -2.26. The molecule has 1 heterocycles. The third-order valence-electron chi connectivity index (χ3n) is 12.6. The maximum Gasteiger partial charge on any atom is 0.305 e. The number of nitrogens with zero attached hydrogens (tertiary/aromatic N) is 1. The second-order valence-electron chi connectivity index (χ2n) is 17.8. The summed E-state index contributed by atoms with van der Waals surface area (Å²) >= 11 is 0. The van der Waals surface area contributed by atoms with Gasteiger partial charge in [0.15, 0.2) is 0 Å². The molecule has 5 heteroatoms. The topological polar surface area (TPSA) is 48.0 Å². The number of rotatable bonds is 43. The summed E-state index contributed by atoms with van der Waals surface area (Å²) in [5, 5.41) is 0. The Balaban J connectivity index is 2.16. The van der Waals surface area contributed by atoms with Crippen LogP contribution in [-0.4, -0.2) is 63.5 Å². The first-order valence-electron chi connectivity index (χ1n) is 25.2. The molecule has 0 aromatic rings. The lowest BCUT2D eigenvalue weighted by Crippen LogP contribution is -2.37. The monoisotopic (exact) mass is 778 g/mol. The average Bonchev–Trinajstić information content (AvgIpc) is 3.20. The molecule has 0 N–H and O–H groups in total. The van der Waals surface area contributed by atoms with Crippen molar-refractivity contribution in [3.05, 3.63) is 0 Å². The number of carbonyl (C=O) groups is 1. The smallest absolute Gasteiger partial charge is 0.305 e. The molecule has 55 heavy (non-hydrogen) atoms. The highest BCUT2D eigenvalue weighted by Gasteiger charge is 2.13. The van der Waals surface area contributed by atoms with E-state index in [1.165, 1.54) is 186 Å². The van der Waals surface area contributed by atoms with E-state index in [9.17, 15) is 4.79 Å². The van der Waals surface area contributed by atoms with E-state index in [1.54, 1.807) is 0 Å². The normalized spacial score (nSPS) is 14.4. The summed E-state index contributed by atoms with van der Waals surface area (Å²) in [6.45, 7) is 16.8. The molecule has 0 bridgehead atoms. The second-order valence-corrected chi connectivity index (χ2v) is 17.8. The molecule has 1 rings (SSSR count). The predicted molar refractivity (Wildman–Crippen MR) is 239 cm³/mol. The first-order chi connectivity index (χ1) is 27.1. The molecular weight excluding hydrogens is 679 g/mol. The molecule has 1 atom stereocenters. The van der Waals surface area contributed by atoms with Gasteiger partial charge in [-0.05, 0) is 49.9 Å². The highest BCUT2D eigenvalue weighted by Crippen LogP contribution is 2.24. The summed E-state index contributed by atoms with van der Waals surface area (Å²) in [7, 11) is 0. The number of unbranched alkanes of at least 4 members (excludes halogenated alkanes) is 18. The Morgan fingerprint density at radius 3 is 1.35 bits per heavy atom. The molecule has 1 aliphatic heterocycles. The second kappa shape index (κ2) is 41.5. The number of hydrogen-bond donors (Lipinski definition) is 0. The SMILES string of the molecule is CCCCC(CCCC)CCCCCCCCCCCC(CCCCCCCCCC(=O)OCCC(CCCC)CCCC)COCCCN1CCOCC1. The fourth-order valence-corrected chi connectivity index (χ4v) is 8.71. The Hall–Kier alpha value is -0.650. The highest BCUT2D eigenvalue weighted by molar-refractivity contribution is 5.69. The largest absolute Gasteiger partial charge is 0.466 e. The Morgan fingerprint density at radius 2 is 0.873 bits per heavy atom.